The summed E-state index contributed by atoms with van der Waals surface area (Å²) >= 11 is 0. The standard InChI is InChI=1S/C17H34O2/c1-4-5-6-7-8-9-10-11-12-13-14-19-16-17(2,3)15-18/h15H,4-14,16H2,1-3H3. The van der Waals surface area contributed by atoms with E-state index in [4.69, 9.17) is 4.74 Å². The minimum Gasteiger partial charge on any atom is -0.380 e. The molecule has 0 amide bonds. The van der Waals surface area contributed by atoms with E-state index in [9.17, 15) is 4.79 Å². The van der Waals surface area contributed by atoms with Crippen LogP contribution in [0.1, 0.15) is 85.0 Å². The zero-order valence-corrected chi connectivity index (χ0v) is 13.4. The van der Waals surface area contributed by atoms with E-state index in [1.54, 1.807) is 0 Å². The molecule has 0 saturated heterocycles. The molecule has 0 aromatic heterocycles. The van der Waals surface area contributed by atoms with Gasteiger partial charge in [-0.1, -0.05) is 78.6 Å². The van der Waals surface area contributed by atoms with Gasteiger partial charge in [-0.15, -0.1) is 0 Å². The van der Waals surface area contributed by atoms with Crippen molar-refractivity contribution in [2.24, 2.45) is 5.41 Å². The van der Waals surface area contributed by atoms with E-state index < -0.39 is 0 Å². The number of rotatable bonds is 14. The van der Waals surface area contributed by atoms with Crippen LogP contribution in [0, 0.1) is 5.41 Å². The van der Waals surface area contributed by atoms with Crippen LogP contribution in [0.25, 0.3) is 0 Å². The van der Waals surface area contributed by atoms with Crippen LogP contribution in [0.4, 0.5) is 0 Å². The highest BCUT2D eigenvalue weighted by molar-refractivity contribution is 5.57. The molecule has 0 saturated carbocycles. The van der Waals surface area contributed by atoms with Gasteiger partial charge in [0.05, 0.1) is 6.61 Å². The van der Waals surface area contributed by atoms with Crippen molar-refractivity contribution in [3.63, 3.8) is 0 Å². The second-order valence-electron chi connectivity index (χ2n) is 6.34. The first kappa shape index (κ1) is 18.6. The number of unbranched alkanes of at least 4 members (excludes halogenated alkanes) is 9. The van der Waals surface area contributed by atoms with Gasteiger partial charge in [0, 0.05) is 12.0 Å². The summed E-state index contributed by atoms with van der Waals surface area (Å²) in [7, 11) is 0. The van der Waals surface area contributed by atoms with Crippen molar-refractivity contribution in [3.05, 3.63) is 0 Å². The third-order valence-electron chi connectivity index (χ3n) is 3.44. The molecule has 0 aliphatic carbocycles. The molecule has 0 atom stereocenters. The lowest BCUT2D eigenvalue weighted by Gasteiger charge is -2.16. The van der Waals surface area contributed by atoms with Gasteiger partial charge in [0.1, 0.15) is 6.29 Å². The number of hydrogen-bond acceptors (Lipinski definition) is 2. The second-order valence-corrected chi connectivity index (χ2v) is 6.34. The summed E-state index contributed by atoms with van der Waals surface area (Å²) in [5, 5.41) is 0. The van der Waals surface area contributed by atoms with Crippen LogP contribution in [-0.2, 0) is 9.53 Å². The Balaban J connectivity index is 3.09. The van der Waals surface area contributed by atoms with Crippen LogP contribution in [0.15, 0.2) is 0 Å². The molecule has 114 valence electrons. The monoisotopic (exact) mass is 270 g/mol. The molecule has 0 aliphatic rings. The lowest BCUT2D eigenvalue weighted by Crippen LogP contribution is -2.21. The van der Waals surface area contributed by atoms with Crippen LogP contribution >= 0.6 is 0 Å². The molecule has 0 aromatic rings. The molecule has 0 bridgehead atoms. The van der Waals surface area contributed by atoms with Crippen molar-refractivity contribution >= 4 is 6.29 Å². The van der Waals surface area contributed by atoms with E-state index in [1.807, 2.05) is 13.8 Å². The molecule has 0 unspecified atom stereocenters. The fourth-order valence-electron chi connectivity index (χ4n) is 2.06. The summed E-state index contributed by atoms with van der Waals surface area (Å²) in [6.07, 6.45) is 14.4. The van der Waals surface area contributed by atoms with Gasteiger partial charge in [0.2, 0.25) is 0 Å². The fourth-order valence-corrected chi connectivity index (χ4v) is 2.06. The SMILES string of the molecule is CCCCCCCCCCCCOCC(C)(C)C=O. The van der Waals surface area contributed by atoms with Crippen LogP contribution in [0.2, 0.25) is 0 Å². The van der Waals surface area contributed by atoms with Gasteiger partial charge in [0.25, 0.3) is 0 Å². The van der Waals surface area contributed by atoms with E-state index in [0.717, 1.165) is 19.3 Å². The highest BCUT2D eigenvalue weighted by atomic mass is 16.5. The normalized spacial score (nSPS) is 11.7. The maximum atomic E-state index is 10.7. The van der Waals surface area contributed by atoms with Crippen LogP contribution in [0.5, 0.6) is 0 Å². The molecule has 0 fully saturated rings. The largest absolute Gasteiger partial charge is 0.380 e. The summed E-state index contributed by atoms with van der Waals surface area (Å²) in [5.74, 6) is 0. The summed E-state index contributed by atoms with van der Waals surface area (Å²) in [5.41, 5.74) is -0.321. The van der Waals surface area contributed by atoms with Gasteiger partial charge in [0.15, 0.2) is 0 Å². The average molecular weight is 270 g/mol. The molecule has 19 heavy (non-hydrogen) atoms. The van der Waals surface area contributed by atoms with Crippen molar-refractivity contribution < 1.29 is 9.53 Å². The molecule has 0 spiro atoms. The Bertz CT molecular complexity index is 199. The molecule has 0 aromatic carbocycles. The van der Waals surface area contributed by atoms with E-state index >= 15 is 0 Å². The zero-order chi connectivity index (χ0) is 14.4. The number of ether oxygens (including phenoxy) is 1. The fraction of sp³-hybridized carbons (Fsp3) is 0.941. The number of carbonyl (C=O) groups is 1. The third-order valence-corrected chi connectivity index (χ3v) is 3.44. The Morgan fingerprint density at radius 1 is 0.842 bits per heavy atom. The number of carbonyl (C=O) groups excluding carboxylic acids is 1. The predicted octanol–water partition coefficient (Wildman–Crippen LogP) is 5.15. The lowest BCUT2D eigenvalue weighted by molar-refractivity contribution is -0.117. The first-order valence-electron chi connectivity index (χ1n) is 8.16. The smallest absolute Gasteiger partial charge is 0.127 e. The Morgan fingerprint density at radius 2 is 1.32 bits per heavy atom. The average Bonchev–Trinajstić information content (AvgIpc) is 2.40. The van der Waals surface area contributed by atoms with Gasteiger partial charge in [-0.25, -0.2) is 0 Å². The highest BCUT2D eigenvalue weighted by Crippen LogP contribution is 2.12. The molecule has 0 rings (SSSR count). The Morgan fingerprint density at radius 3 is 1.79 bits per heavy atom. The zero-order valence-electron chi connectivity index (χ0n) is 13.4. The minimum atomic E-state index is -0.321. The molecule has 0 N–H and O–H groups in total. The van der Waals surface area contributed by atoms with Gasteiger partial charge in [-0.2, -0.15) is 0 Å². The summed E-state index contributed by atoms with van der Waals surface area (Å²) in [6.45, 7) is 7.44. The van der Waals surface area contributed by atoms with Crippen molar-refractivity contribution in [2.75, 3.05) is 13.2 Å². The quantitative estimate of drug-likeness (QED) is 0.322. The van der Waals surface area contributed by atoms with Gasteiger partial charge in [-0.05, 0) is 6.42 Å². The lowest BCUT2D eigenvalue weighted by atomic mass is 9.98. The first-order chi connectivity index (χ1) is 9.12. The molecule has 0 heterocycles. The molecule has 2 nitrogen and oxygen atoms in total. The molecule has 0 aliphatic heterocycles. The van der Waals surface area contributed by atoms with E-state index in [2.05, 4.69) is 6.92 Å². The molecule has 0 radical (unpaired) electrons. The molecular weight excluding hydrogens is 236 g/mol. The number of hydrogen-bond donors (Lipinski definition) is 0. The minimum absolute atomic E-state index is 0.321. The van der Waals surface area contributed by atoms with Crippen molar-refractivity contribution in [2.45, 2.75) is 85.0 Å². The maximum Gasteiger partial charge on any atom is 0.127 e. The number of aldehydes is 1. The van der Waals surface area contributed by atoms with Gasteiger partial charge >= 0.3 is 0 Å². The maximum absolute atomic E-state index is 10.7. The van der Waals surface area contributed by atoms with E-state index in [1.165, 1.54) is 57.8 Å². The Kier molecular flexibility index (Phi) is 12.4. The van der Waals surface area contributed by atoms with Crippen LogP contribution in [0.3, 0.4) is 0 Å². The highest BCUT2D eigenvalue weighted by Gasteiger charge is 2.15. The summed E-state index contributed by atoms with van der Waals surface area (Å²) < 4.78 is 5.53. The van der Waals surface area contributed by atoms with E-state index in [0.29, 0.717) is 6.61 Å². The first-order valence-corrected chi connectivity index (χ1v) is 8.16. The topological polar surface area (TPSA) is 26.3 Å². The predicted molar refractivity (Wildman–Crippen MR) is 82.5 cm³/mol. The molecular formula is C17H34O2. The van der Waals surface area contributed by atoms with Crippen LogP contribution in [-0.4, -0.2) is 19.5 Å². The second kappa shape index (κ2) is 12.7. The van der Waals surface area contributed by atoms with Crippen LogP contribution < -0.4 is 0 Å². The summed E-state index contributed by atoms with van der Waals surface area (Å²) in [6, 6.07) is 0. The van der Waals surface area contributed by atoms with Crippen molar-refractivity contribution in [1.29, 1.82) is 0 Å². The van der Waals surface area contributed by atoms with Crippen molar-refractivity contribution in [3.8, 4) is 0 Å². The Hall–Kier alpha value is -0.370. The van der Waals surface area contributed by atoms with Gasteiger partial charge in [-0.3, -0.25) is 0 Å². The molecule has 2 heteroatoms. The third kappa shape index (κ3) is 13.9. The Labute approximate surface area is 120 Å². The summed E-state index contributed by atoms with van der Waals surface area (Å²) in [4.78, 5) is 10.7. The van der Waals surface area contributed by atoms with Crippen molar-refractivity contribution in [1.82, 2.24) is 0 Å². The van der Waals surface area contributed by atoms with E-state index in [-0.39, 0.29) is 5.41 Å². The van der Waals surface area contributed by atoms with Gasteiger partial charge < -0.3 is 9.53 Å².